The van der Waals surface area contributed by atoms with Crippen LogP contribution in [0.15, 0.2) is 42.6 Å². The Morgan fingerprint density at radius 3 is 2.21 bits per heavy atom. The van der Waals surface area contributed by atoms with E-state index < -0.39 is 0 Å². The zero-order chi connectivity index (χ0) is 24.0. The summed E-state index contributed by atoms with van der Waals surface area (Å²) in [5.41, 5.74) is 1.45. The number of rotatable bonds is 8. The number of fused-ring (bicyclic) bond motifs is 1. The summed E-state index contributed by atoms with van der Waals surface area (Å²) in [4.78, 5) is 16.6. The van der Waals surface area contributed by atoms with E-state index in [1.807, 2.05) is 6.07 Å². The van der Waals surface area contributed by atoms with Crippen LogP contribution < -0.4 is 29.6 Å². The van der Waals surface area contributed by atoms with Gasteiger partial charge < -0.3 is 29.6 Å². The van der Waals surface area contributed by atoms with Gasteiger partial charge in [0.1, 0.15) is 5.75 Å². The van der Waals surface area contributed by atoms with Crippen molar-refractivity contribution in [2.45, 2.75) is 27.2 Å². The fourth-order valence-electron chi connectivity index (χ4n) is 3.21. The average molecular weight is 454 g/mol. The summed E-state index contributed by atoms with van der Waals surface area (Å²) >= 11 is 0. The number of aromatic nitrogens is 1. The van der Waals surface area contributed by atoms with E-state index in [-0.39, 0.29) is 11.4 Å². The van der Waals surface area contributed by atoms with E-state index in [1.54, 1.807) is 57.9 Å². The Bertz CT molecular complexity index is 1120. The molecule has 33 heavy (non-hydrogen) atoms. The molecular weight excluding hydrogens is 422 g/mol. The van der Waals surface area contributed by atoms with Crippen molar-refractivity contribution in [2.24, 2.45) is 5.41 Å². The number of anilines is 1. The Kier molecular flexibility index (Phi) is 7.48. The number of pyridine rings is 1. The largest absolute Gasteiger partial charge is 0.493 e. The Balaban J connectivity index is 1.79. The minimum atomic E-state index is -0.267. The number of nitrogens with zero attached hydrogens (tertiary/aromatic N) is 1. The predicted molar refractivity (Wildman–Crippen MR) is 129 cm³/mol. The van der Waals surface area contributed by atoms with Crippen molar-refractivity contribution in [1.29, 1.82) is 0 Å². The molecule has 3 rings (SSSR count). The van der Waals surface area contributed by atoms with Crippen LogP contribution in [0.5, 0.6) is 28.7 Å². The lowest BCUT2D eigenvalue weighted by Crippen LogP contribution is -2.31. The molecule has 0 aliphatic heterocycles. The summed E-state index contributed by atoms with van der Waals surface area (Å²) in [5, 5.41) is 6.46. The van der Waals surface area contributed by atoms with Crippen molar-refractivity contribution < 1.29 is 23.7 Å². The van der Waals surface area contributed by atoms with Gasteiger partial charge in [0.25, 0.3) is 0 Å². The molecule has 176 valence electrons. The maximum Gasteiger partial charge on any atom is 0.319 e. The van der Waals surface area contributed by atoms with Gasteiger partial charge in [0.2, 0.25) is 0 Å². The van der Waals surface area contributed by atoms with E-state index in [1.165, 1.54) is 0 Å². The van der Waals surface area contributed by atoms with E-state index in [2.05, 4.69) is 36.4 Å². The van der Waals surface area contributed by atoms with Crippen LogP contribution >= 0.6 is 0 Å². The Morgan fingerprint density at radius 2 is 1.55 bits per heavy atom. The molecule has 0 fully saturated rings. The number of hydrogen-bond acceptors (Lipinski definition) is 6. The van der Waals surface area contributed by atoms with Gasteiger partial charge in [-0.3, -0.25) is 4.98 Å². The summed E-state index contributed by atoms with van der Waals surface area (Å²) in [6.07, 6.45) is 2.54. The van der Waals surface area contributed by atoms with Gasteiger partial charge in [-0.15, -0.1) is 0 Å². The van der Waals surface area contributed by atoms with Gasteiger partial charge in [-0.05, 0) is 36.1 Å². The van der Waals surface area contributed by atoms with Gasteiger partial charge in [-0.1, -0.05) is 20.8 Å². The van der Waals surface area contributed by atoms with Crippen LogP contribution in [0, 0.1) is 5.41 Å². The van der Waals surface area contributed by atoms with E-state index >= 15 is 0 Å². The second-order valence-corrected chi connectivity index (χ2v) is 8.69. The third kappa shape index (κ3) is 6.19. The molecule has 0 saturated heterocycles. The van der Waals surface area contributed by atoms with Crippen molar-refractivity contribution in [3.8, 4) is 28.7 Å². The van der Waals surface area contributed by atoms with Crippen LogP contribution in [-0.4, -0.2) is 38.9 Å². The predicted octanol–water partition coefficient (Wildman–Crippen LogP) is 5.61. The first kappa shape index (κ1) is 24.0. The van der Waals surface area contributed by atoms with E-state index in [9.17, 15) is 4.79 Å². The number of methoxy groups -OCH3 is 3. The fraction of sp³-hybridized carbons (Fsp3) is 0.360. The van der Waals surface area contributed by atoms with Crippen molar-refractivity contribution in [2.75, 3.05) is 33.2 Å². The highest BCUT2D eigenvalue weighted by Crippen LogP contribution is 2.39. The smallest absolute Gasteiger partial charge is 0.319 e. The highest BCUT2D eigenvalue weighted by molar-refractivity contribution is 5.90. The summed E-state index contributed by atoms with van der Waals surface area (Å²) in [6.45, 7) is 7.00. The lowest BCUT2D eigenvalue weighted by atomic mass is 9.92. The van der Waals surface area contributed by atoms with Crippen LogP contribution in [0.2, 0.25) is 0 Å². The number of ether oxygens (including phenoxy) is 4. The van der Waals surface area contributed by atoms with E-state index in [0.29, 0.717) is 46.5 Å². The minimum Gasteiger partial charge on any atom is -0.493 e. The molecule has 2 aromatic carbocycles. The average Bonchev–Trinajstić information content (AvgIpc) is 2.78. The molecule has 8 heteroatoms. The molecule has 2 N–H and O–H groups in total. The molecule has 0 atom stereocenters. The van der Waals surface area contributed by atoms with Crippen LogP contribution in [0.1, 0.15) is 27.2 Å². The lowest BCUT2D eigenvalue weighted by molar-refractivity contribution is 0.250. The monoisotopic (exact) mass is 453 g/mol. The van der Waals surface area contributed by atoms with Crippen LogP contribution in [0.25, 0.3) is 10.9 Å². The topological polar surface area (TPSA) is 90.9 Å². The maximum absolute atomic E-state index is 12.2. The van der Waals surface area contributed by atoms with Crippen LogP contribution in [0.4, 0.5) is 10.5 Å². The summed E-state index contributed by atoms with van der Waals surface area (Å²) in [5.74, 6) is 2.72. The number of amides is 2. The maximum atomic E-state index is 12.2. The quantitative estimate of drug-likeness (QED) is 0.461. The first-order valence-electron chi connectivity index (χ1n) is 10.7. The van der Waals surface area contributed by atoms with Crippen LogP contribution in [-0.2, 0) is 0 Å². The SMILES string of the molecule is COc1cc2nccc(Oc3ccc(NC(=O)NCCC(C)(C)C)cc3OC)c2cc1OC. The van der Waals surface area contributed by atoms with E-state index in [0.717, 1.165) is 11.8 Å². The van der Waals surface area contributed by atoms with E-state index in [4.69, 9.17) is 18.9 Å². The second kappa shape index (κ2) is 10.3. The second-order valence-electron chi connectivity index (χ2n) is 8.69. The Hall–Kier alpha value is -3.68. The molecule has 0 saturated carbocycles. The van der Waals surface area contributed by atoms with Gasteiger partial charge in [-0.2, -0.15) is 0 Å². The number of hydrogen-bond donors (Lipinski definition) is 2. The third-order valence-electron chi connectivity index (χ3n) is 5.01. The number of benzene rings is 2. The molecule has 1 aromatic heterocycles. The Morgan fingerprint density at radius 1 is 0.879 bits per heavy atom. The standard InChI is InChI=1S/C25H31N3O5/c1-25(2,3)10-12-27-24(29)28-16-7-8-20(21(13-16)30-4)33-19-9-11-26-18-15-23(32-6)22(31-5)14-17(18)19/h7-9,11,13-15H,10,12H2,1-6H3,(H2,27,28,29). The van der Waals surface area contributed by atoms with Crippen molar-refractivity contribution >= 4 is 22.6 Å². The molecule has 8 nitrogen and oxygen atoms in total. The highest BCUT2D eigenvalue weighted by atomic mass is 16.5. The van der Waals surface area contributed by atoms with Crippen LogP contribution in [0.3, 0.4) is 0 Å². The fourth-order valence-corrected chi connectivity index (χ4v) is 3.21. The summed E-state index contributed by atoms with van der Waals surface area (Å²) in [7, 11) is 4.71. The molecule has 0 aliphatic rings. The number of urea groups is 1. The van der Waals surface area contributed by atoms with Gasteiger partial charge in [-0.25, -0.2) is 4.79 Å². The zero-order valence-electron chi connectivity index (χ0n) is 19.9. The summed E-state index contributed by atoms with van der Waals surface area (Å²) in [6, 6.07) is 10.3. The molecule has 0 bridgehead atoms. The molecule has 3 aromatic rings. The molecular formula is C25H31N3O5. The van der Waals surface area contributed by atoms with Gasteiger partial charge in [0.15, 0.2) is 23.0 Å². The normalized spacial score (nSPS) is 11.1. The Labute approximate surface area is 194 Å². The lowest BCUT2D eigenvalue weighted by Gasteiger charge is -2.18. The molecule has 0 unspecified atom stereocenters. The molecule has 1 heterocycles. The van der Waals surface area contributed by atoms with Crippen molar-refractivity contribution in [1.82, 2.24) is 10.3 Å². The molecule has 0 spiro atoms. The van der Waals surface area contributed by atoms with Gasteiger partial charge in [0.05, 0.1) is 26.8 Å². The van der Waals surface area contributed by atoms with Gasteiger partial charge in [0, 0.05) is 35.9 Å². The number of nitrogens with one attached hydrogen (secondary N) is 2. The molecule has 0 radical (unpaired) electrons. The summed E-state index contributed by atoms with van der Waals surface area (Å²) < 4.78 is 22.4. The minimum absolute atomic E-state index is 0.155. The third-order valence-corrected chi connectivity index (χ3v) is 5.01. The van der Waals surface area contributed by atoms with Crippen molar-refractivity contribution in [3.63, 3.8) is 0 Å². The number of carbonyl (C=O) groups excluding carboxylic acids is 1. The highest BCUT2D eigenvalue weighted by Gasteiger charge is 2.15. The molecule has 0 aliphatic carbocycles. The first-order valence-corrected chi connectivity index (χ1v) is 10.7. The number of carbonyl (C=O) groups is 1. The first-order chi connectivity index (χ1) is 15.7. The van der Waals surface area contributed by atoms with Gasteiger partial charge >= 0.3 is 6.03 Å². The van der Waals surface area contributed by atoms with Crippen molar-refractivity contribution in [3.05, 3.63) is 42.6 Å². The molecule has 2 amide bonds. The zero-order valence-corrected chi connectivity index (χ0v) is 19.9.